The van der Waals surface area contributed by atoms with Crippen molar-refractivity contribution in [2.45, 2.75) is 47.0 Å². The first-order valence-electron chi connectivity index (χ1n) is 6.61. The third-order valence-electron chi connectivity index (χ3n) is 2.59. The van der Waals surface area contributed by atoms with E-state index in [4.69, 9.17) is 4.42 Å². The third-order valence-corrected chi connectivity index (χ3v) is 2.59. The molecule has 18 heavy (non-hydrogen) atoms. The molecule has 3 heteroatoms. The van der Waals surface area contributed by atoms with Crippen LogP contribution in [0, 0.1) is 0 Å². The summed E-state index contributed by atoms with van der Waals surface area (Å²) in [5, 5.41) is 0. The van der Waals surface area contributed by atoms with Gasteiger partial charge in [-0.25, -0.2) is 4.98 Å². The van der Waals surface area contributed by atoms with Crippen LogP contribution in [0.3, 0.4) is 0 Å². The Labute approximate surface area is 108 Å². The van der Waals surface area contributed by atoms with Crippen LogP contribution in [0.15, 0.2) is 22.6 Å². The average Bonchev–Trinajstić information content (AvgIpc) is 2.80. The first-order chi connectivity index (χ1) is 8.72. The Morgan fingerprint density at radius 3 is 2.67 bits per heavy atom. The first-order valence-corrected chi connectivity index (χ1v) is 6.61. The minimum atomic E-state index is 0.0286. The molecule has 0 N–H and O–H groups in total. The van der Waals surface area contributed by atoms with E-state index in [1.54, 1.807) is 13.0 Å². The Hall–Kier alpha value is -1.64. The molecule has 1 heterocycles. The van der Waals surface area contributed by atoms with E-state index in [2.05, 4.69) is 11.9 Å². The summed E-state index contributed by atoms with van der Waals surface area (Å²) in [6.45, 7) is 7.68. The lowest BCUT2D eigenvalue weighted by Crippen LogP contribution is -1.93. The van der Waals surface area contributed by atoms with Gasteiger partial charge in [-0.05, 0) is 25.5 Å². The van der Waals surface area contributed by atoms with Gasteiger partial charge in [0.2, 0.25) is 0 Å². The van der Waals surface area contributed by atoms with Crippen LogP contribution in [0.25, 0.3) is 11.1 Å². The maximum atomic E-state index is 11.4. The van der Waals surface area contributed by atoms with Gasteiger partial charge in [0, 0.05) is 12.0 Å². The van der Waals surface area contributed by atoms with Crippen LogP contribution >= 0.6 is 0 Å². The Balaban J connectivity index is 0.000000771. The molecule has 0 atom stereocenters. The molecule has 0 saturated heterocycles. The minimum absolute atomic E-state index is 0.0286. The van der Waals surface area contributed by atoms with Crippen molar-refractivity contribution in [1.82, 2.24) is 4.98 Å². The molecule has 0 amide bonds. The Morgan fingerprint density at radius 1 is 1.33 bits per heavy atom. The molecule has 2 rings (SSSR count). The van der Waals surface area contributed by atoms with E-state index >= 15 is 0 Å². The predicted molar refractivity (Wildman–Crippen MR) is 74.0 cm³/mol. The molecule has 98 valence electrons. The molecule has 0 unspecified atom stereocenters. The fraction of sp³-hybridized carbons (Fsp3) is 0.467. The number of unbranched alkanes of at least 4 members (excludes halogenated alkanes) is 1. The zero-order chi connectivity index (χ0) is 13.5. The number of nitrogens with zero attached hydrogens (tertiary/aromatic N) is 1. The summed E-state index contributed by atoms with van der Waals surface area (Å²) < 4.78 is 5.60. The number of rotatable bonds is 4. The number of para-hydroxylation sites is 1. The first kappa shape index (κ1) is 14.4. The van der Waals surface area contributed by atoms with Crippen LogP contribution < -0.4 is 0 Å². The number of benzene rings is 1. The molecule has 0 aliphatic heterocycles. The van der Waals surface area contributed by atoms with Crippen molar-refractivity contribution in [1.29, 1.82) is 0 Å². The molecule has 1 aromatic carbocycles. The average molecular weight is 247 g/mol. The van der Waals surface area contributed by atoms with Gasteiger partial charge in [0.25, 0.3) is 0 Å². The third kappa shape index (κ3) is 3.19. The fourth-order valence-electron chi connectivity index (χ4n) is 1.71. The van der Waals surface area contributed by atoms with Crippen molar-refractivity contribution in [3.05, 3.63) is 29.7 Å². The van der Waals surface area contributed by atoms with Gasteiger partial charge < -0.3 is 4.42 Å². The second-order valence-electron chi connectivity index (χ2n) is 3.92. The zero-order valence-corrected chi connectivity index (χ0v) is 11.6. The van der Waals surface area contributed by atoms with Crippen LogP contribution in [0.1, 0.15) is 56.8 Å². The van der Waals surface area contributed by atoms with Crippen molar-refractivity contribution in [3.63, 3.8) is 0 Å². The molecule has 3 nitrogen and oxygen atoms in total. The van der Waals surface area contributed by atoms with E-state index in [9.17, 15) is 4.79 Å². The van der Waals surface area contributed by atoms with E-state index in [1.165, 1.54) is 0 Å². The number of ketones is 1. The SMILES string of the molecule is CC.CCCCc1nc2c(C(C)=O)cccc2o1. The molecular formula is C15H21NO2. The normalized spacial score (nSPS) is 10.0. The van der Waals surface area contributed by atoms with E-state index in [-0.39, 0.29) is 5.78 Å². The van der Waals surface area contributed by atoms with Crippen LogP contribution in [-0.2, 0) is 6.42 Å². The maximum Gasteiger partial charge on any atom is 0.195 e. The molecule has 0 aliphatic carbocycles. The lowest BCUT2D eigenvalue weighted by Gasteiger charge is -1.93. The molecule has 0 spiro atoms. The van der Waals surface area contributed by atoms with E-state index in [0.29, 0.717) is 16.7 Å². The highest BCUT2D eigenvalue weighted by atomic mass is 16.3. The second kappa shape index (κ2) is 6.94. The number of aryl methyl sites for hydroxylation is 1. The Morgan fingerprint density at radius 2 is 2.06 bits per heavy atom. The standard InChI is InChI=1S/C13H15NO2.C2H6/c1-3-4-8-12-14-13-10(9(2)15)6-5-7-11(13)16-12;1-2/h5-7H,3-4,8H2,1-2H3;1-2H3. The van der Waals surface area contributed by atoms with Gasteiger partial charge in [0.1, 0.15) is 5.52 Å². The number of fused-ring (bicyclic) bond motifs is 1. The Kier molecular flexibility index (Phi) is 5.56. The molecule has 0 fully saturated rings. The number of Topliss-reactive ketones (excluding diaryl/α,β-unsaturated/α-hetero) is 1. The molecule has 0 radical (unpaired) electrons. The lowest BCUT2D eigenvalue weighted by atomic mass is 10.1. The van der Waals surface area contributed by atoms with Crippen LogP contribution in [0.4, 0.5) is 0 Å². The van der Waals surface area contributed by atoms with Gasteiger partial charge in [0.15, 0.2) is 17.3 Å². The number of carbonyl (C=O) groups is 1. The monoisotopic (exact) mass is 247 g/mol. The second-order valence-corrected chi connectivity index (χ2v) is 3.92. The summed E-state index contributed by atoms with van der Waals surface area (Å²) in [4.78, 5) is 15.8. The van der Waals surface area contributed by atoms with Gasteiger partial charge in [-0.2, -0.15) is 0 Å². The highest BCUT2D eigenvalue weighted by molar-refractivity contribution is 6.04. The number of hydrogen-bond donors (Lipinski definition) is 0. The lowest BCUT2D eigenvalue weighted by molar-refractivity contribution is 0.101. The summed E-state index contributed by atoms with van der Waals surface area (Å²) in [7, 11) is 0. The summed E-state index contributed by atoms with van der Waals surface area (Å²) in [6.07, 6.45) is 3.00. The quantitative estimate of drug-likeness (QED) is 0.752. The molecule has 1 aromatic heterocycles. The minimum Gasteiger partial charge on any atom is -0.441 e. The molecule has 2 aromatic rings. The maximum absolute atomic E-state index is 11.4. The molecular weight excluding hydrogens is 226 g/mol. The predicted octanol–water partition coefficient (Wildman–Crippen LogP) is 4.40. The summed E-state index contributed by atoms with van der Waals surface area (Å²) in [5.74, 6) is 0.756. The van der Waals surface area contributed by atoms with Crippen molar-refractivity contribution < 1.29 is 9.21 Å². The van der Waals surface area contributed by atoms with Crippen molar-refractivity contribution in [2.24, 2.45) is 0 Å². The van der Waals surface area contributed by atoms with Gasteiger partial charge in [0.05, 0.1) is 0 Å². The van der Waals surface area contributed by atoms with Crippen molar-refractivity contribution in [3.8, 4) is 0 Å². The van der Waals surface area contributed by atoms with E-state index < -0.39 is 0 Å². The fourth-order valence-corrected chi connectivity index (χ4v) is 1.71. The summed E-state index contributed by atoms with van der Waals surface area (Å²) >= 11 is 0. The van der Waals surface area contributed by atoms with Gasteiger partial charge in [-0.3, -0.25) is 4.79 Å². The number of aromatic nitrogens is 1. The smallest absolute Gasteiger partial charge is 0.195 e. The van der Waals surface area contributed by atoms with Crippen LogP contribution in [0.2, 0.25) is 0 Å². The van der Waals surface area contributed by atoms with Gasteiger partial charge in [-0.15, -0.1) is 0 Å². The van der Waals surface area contributed by atoms with Gasteiger partial charge in [-0.1, -0.05) is 33.3 Å². The topological polar surface area (TPSA) is 43.1 Å². The van der Waals surface area contributed by atoms with Crippen molar-refractivity contribution >= 4 is 16.9 Å². The summed E-state index contributed by atoms with van der Waals surface area (Å²) in [6, 6.07) is 5.47. The highest BCUT2D eigenvalue weighted by Crippen LogP contribution is 2.20. The number of hydrogen-bond acceptors (Lipinski definition) is 3. The molecule has 0 saturated carbocycles. The van der Waals surface area contributed by atoms with Crippen LogP contribution in [-0.4, -0.2) is 10.8 Å². The molecule has 0 aliphatic rings. The van der Waals surface area contributed by atoms with E-state index in [1.807, 2.05) is 26.0 Å². The largest absolute Gasteiger partial charge is 0.441 e. The molecule has 0 bridgehead atoms. The number of oxazole rings is 1. The van der Waals surface area contributed by atoms with Crippen molar-refractivity contribution in [2.75, 3.05) is 0 Å². The van der Waals surface area contributed by atoms with E-state index in [0.717, 1.165) is 25.2 Å². The zero-order valence-electron chi connectivity index (χ0n) is 11.6. The Bertz CT molecular complexity index is 514. The number of carbonyl (C=O) groups excluding carboxylic acids is 1. The highest BCUT2D eigenvalue weighted by Gasteiger charge is 2.11. The summed E-state index contributed by atoms with van der Waals surface area (Å²) in [5.41, 5.74) is 2.05. The van der Waals surface area contributed by atoms with Crippen LogP contribution in [0.5, 0.6) is 0 Å². The van der Waals surface area contributed by atoms with Gasteiger partial charge >= 0.3 is 0 Å².